The summed E-state index contributed by atoms with van der Waals surface area (Å²) in [4.78, 5) is 2.36. The Kier molecular flexibility index (Phi) is 17.9. The van der Waals surface area contributed by atoms with Crippen molar-refractivity contribution in [2.75, 3.05) is 4.90 Å². The van der Waals surface area contributed by atoms with Gasteiger partial charge in [0.2, 0.25) is 0 Å². The van der Waals surface area contributed by atoms with Crippen LogP contribution in [-0.2, 0) is 0 Å². The highest BCUT2D eigenvalue weighted by Crippen LogP contribution is 2.48. The van der Waals surface area contributed by atoms with Gasteiger partial charge in [-0.15, -0.1) is 0 Å². The van der Waals surface area contributed by atoms with Gasteiger partial charge in [-0.1, -0.05) is 328 Å². The lowest BCUT2D eigenvalue weighted by atomic mass is 10.1. The van der Waals surface area contributed by atoms with Crippen LogP contribution in [0, 0.1) is 0 Å². The minimum atomic E-state index is 1.08. The summed E-state index contributed by atoms with van der Waals surface area (Å²) in [6.45, 7) is 0. The fourth-order valence-corrected chi connectivity index (χ4v) is 22.8. The van der Waals surface area contributed by atoms with Gasteiger partial charge in [0.25, 0.3) is 0 Å². The lowest BCUT2D eigenvalue weighted by molar-refractivity contribution is 1.16. The first kappa shape index (κ1) is 78.2. The van der Waals surface area contributed by atoms with Crippen molar-refractivity contribution in [3.05, 3.63) is 510 Å². The van der Waals surface area contributed by atoms with Gasteiger partial charge >= 0.3 is 0 Å². The fraction of sp³-hybridized carbons (Fsp3) is 0. The van der Waals surface area contributed by atoms with Gasteiger partial charge in [0.15, 0.2) is 0 Å². The average Bonchev–Trinajstić information content (AvgIpc) is 1.55. The third kappa shape index (κ3) is 12.2. The Bertz CT molecular complexity index is 8950. The van der Waals surface area contributed by atoms with Crippen LogP contribution < -0.4 is 4.90 Å². The number of aromatic nitrogens is 7. The van der Waals surface area contributed by atoms with E-state index in [0.717, 1.165) is 34.1 Å². The van der Waals surface area contributed by atoms with Crippen LogP contribution in [0.25, 0.3) is 236 Å². The van der Waals surface area contributed by atoms with E-state index in [1.165, 1.54) is 218 Å². The highest BCUT2D eigenvalue weighted by atomic mass is 15.1. The van der Waals surface area contributed by atoms with Crippen molar-refractivity contribution in [2.24, 2.45) is 0 Å². The van der Waals surface area contributed by atoms with Crippen molar-refractivity contribution in [3.63, 3.8) is 0 Å². The summed E-state index contributed by atoms with van der Waals surface area (Å²) in [5, 5.41) is 27.7. The second-order valence-electron chi connectivity index (χ2n) is 36.2. The molecule has 0 fully saturated rings. The molecule has 0 atom stereocenters. The van der Waals surface area contributed by atoms with Gasteiger partial charge in [0, 0.05) is 131 Å². The molecule has 0 aliphatic rings. The summed E-state index contributed by atoms with van der Waals surface area (Å²) in [6, 6.07) is 185. The van der Waals surface area contributed by atoms with Crippen LogP contribution in [0.4, 0.5) is 17.1 Å². The van der Waals surface area contributed by atoms with Gasteiger partial charge in [-0.25, -0.2) is 0 Å². The number of hydrogen-bond acceptors (Lipinski definition) is 1. The first-order valence-corrected chi connectivity index (χ1v) is 47.4. The van der Waals surface area contributed by atoms with E-state index < -0.39 is 0 Å². The van der Waals surface area contributed by atoms with Crippen molar-refractivity contribution >= 4 is 213 Å². The first-order valence-electron chi connectivity index (χ1n) is 47.4. The third-order valence-corrected chi connectivity index (χ3v) is 28.8. The van der Waals surface area contributed by atoms with Crippen LogP contribution in [0.5, 0.6) is 0 Å². The van der Waals surface area contributed by atoms with Gasteiger partial charge in [-0.3, -0.25) is 0 Å². The molecule has 23 aromatic carbocycles. The topological polar surface area (TPSA) is 37.8 Å². The molecule has 30 rings (SSSR count). The molecule has 0 spiro atoms. The average molecular weight is 1760 g/mol. The molecule has 0 saturated heterocycles. The maximum atomic E-state index is 2.45. The molecule has 8 heteroatoms. The molecule has 0 aliphatic carbocycles. The van der Waals surface area contributed by atoms with Crippen molar-refractivity contribution in [2.45, 2.75) is 0 Å². The van der Waals surface area contributed by atoms with Gasteiger partial charge in [-0.2, -0.15) is 0 Å². The third-order valence-electron chi connectivity index (χ3n) is 28.8. The molecule has 0 saturated carbocycles. The Morgan fingerprint density at radius 3 is 0.457 bits per heavy atom. The smallest absolute Gasteiger partial charge is 0.0549 e. The van der Waals surface area contributed by atoms with Crippen LogP contribution in [0.3, 0.4) is 0 Å². The highest BCUT2D eigenvalue weighted by Gasteiger charge is 2.26. The number of rotatable bonds is 10. The summed E-state index contributed by atoms with van der Waals surface area (Å²) in [6.07, 6.45) is 0. The van der Waals surface area contributed by atoms with E-state index in [9.17, 15) is 0 Å². The Labute approximate surface area is 793 Å². The number of hydrogen-bond donors (Lipinski definition) is 0. The number of para-hydroxylation sites is 10. The predicted molar refractivity (Wildman–Crippen MR) is 584 cm³/mol. The fourth-order valence-electron chi connectivity index (χ4n) is 22.8. The van der Waals surface area contributed by atoms with Crippen LogP contribution in [0.15, 0.2) is 510 Å². The van der Waals surface area contributed by atoms with Crippen molar-refractivity contribution in [1.82, 2.24) is 32.0 Å². The molecule has 30 aromatic rings. The molecular weight excluding hydrogens is 1670 g/mol. The molecule has 644 valence electrons. The summed E-state index contributed by atoms with van der Waals surface area (Å²) in [5.74, 6) is 0. The largest absolute Gasteiger partial charge is 0.310 e. The first-order chi connectivity index (χ1) is 68.5. The standard InChI is InChI=1S/C54H36N4.2C38H24N2/c1-7-19-49-43(13-1)44-14-2-8-20-50(44)56(49)40-31-25-37(26-32-40)55(38-27-33-41(34-28-38)57-51-21-9-3-15-45(51)46-16-4-10-22-52(46)57)39-29-35-42(36-30-39)58-53-23-11-5-17-47(53)48-18-6-12-24-54(48)58;2*1-3-15-27-25(11-1)13-9-21-33(27)39-35-19-7-5-17-29(35)31-24-38-32(23-37(31)39)30-18-6-8-20-36(30)40(38)34-22-10-14-26-12-2-4-16-28(26)34/h1-36H;2*1-24H. The van der Waals surface area contributed by atoms with E-state index in [1.807, 2.05) is 0 Å². The Balaban J connectivity index is 0.000000105. The number of nitrogens with zero attached hydrogens (tertiary/aromatic N) is 8. The normalized spacial score (nSPS) is 11.9. The highest BCUT2D eigenvalue weighted by molar-refractivity contribution is 6.23. The maximum Gasteiger partial charge on any atom is 0.0549 e. The molecule has 7 aromatic heterocycles. The molecule has 0 aliphatic heterocycles. The van der Waals surface area contributed by atoms with Crippen molar-refractivity contribution in [1.29, 1.82) is 0 Å². The molecule has 0 radical (unpaired) electrons. The van der Waals surface area contributed by atoms with Crippen molar-refractivity contribution in [3.8, 4) is 39.8 Å². The zero-order valence-corrected chi connectivity index (χ0v) is 75.1. The van der Waals surface area contributed by atoms with Crippen LogP contribution in [-0.4, -0.2) is 32.0 Å². The molecule has 138 heavy (non-hydrogen) atoms. The van der Waals surface area contributed by atoms with Gasteiger partial charge in [-0.05, 0) is 204 Å². The SMILES string of the molecule is c1ccc2c(-n3c4ccccc4c4cc5c(cc43)c3ccccc3n5-c3cccc4ccccc34)cccc2c1.c1ccc2c(-n3c4ccccc4c4cc5c(cc43)c3ccccc3n5-c3cccc4ccccc34)cccc2c1.c1ccc2c(c1)c1ccccc1n2-c1ccc(N(c2ccc(-n3c4ccccc4c4ccccc43)cc2)c2ccc(-n3c4ccccc4c4ccccc43)cc2)cc1. The van der Waals surface area contributed by atoms with E-state index in [1.54, 1.807) is 0 Å². The molecule has 0 unspecified atom stereocenters. The Hall–Kier alpha value is -18.5. The number of fused-ring (bicyclic) bond motifs is 25. The second-order valence-corrected chi connectivity index (χ2v) is 36.2. The molecule has 0 N–H and O–H groups in total. The van der Waals surface area contributed by atoms with E-state index in [2.05, 4.69) is 546 Å². The summed E-state index contributed by atoms with van der Waals surface area (Å²) >= 11 is 0. The lowest BCUT2D eigenvalue weighted by Crippen LogP contribution is -2.10. The number of anilines is 3. The molecule has 0 bridgehead atoms. The second kappa shape index (κ2) is 31.6. The van der Waals surface area contributed by atoms with E-state index in [-0.39, 0.29) is 0 Å². The van der Waals surface area contributed by atoms with Crippen LogP contribution >= 0.6 is 0 Å². The Morgan fingerprint density at radius 2 is 0.261 bits per heavy atom. The molecular formula is C130H84N8. The van der Waals surface area contributed by atoms with E-state index >= 15 is 0 Å². The zero-order chi connectivity index (χ0) is 90.6. The van der Waals surface area contributed by atoms with Crippen LogP contribution in [0.1, 0.15) is 0 Å². The monoisotopic (exact) mass is 1760 g/mol. The number of benzene rings is 23. The predicted octanol–water partition coefficient (Wildman–Crippen LogP) is 34.8. The summed E-state index contributed by atoms with van der Waals surface area (Å²) in [7, 11) is 0. The summed E-state index contributed by atoms with van der Waals surface area (Å²) in [5.41, 5.74) is 28.5. The van der Waals surface area contributed by atoms with E-state index in [4.69, 9.17) is 0 Å². The van der Waals surface area contributed by atoms with Crippen molar-refractivity contribution < 1.29 is 0 Å². The zero-order valence-electron chi connectivity index (χ0n) is 75.1. The molecule has 0 amide bonds. The van der Waals surface area contributed by atoms with Gasteiger partial charge < -0.3 is 36.9 Å². The van der Waals surface area contributed by atoms with E-state index in [0.29, 0.717) is 0 Å². The van der Waals surface area contributed by atoms with Gasteiger partial charge in [0.1, 0.15) is 0 Å². The maximum absolute atomic E-state index is 2.45. The minimum absolute atomic E-state index is 1.08. The van der Waals surface area contributed by atoms with Gasteiger partial charge in [0.05, 0.1) is 100.0 Å². The molecule has 8 nitrogen and oxygen atoms in total. The van der Waals surface area contributed by atoms with Crippen LogP contribution in [0.2, 0.25) is 0 Å². The minimum Gasteiger partial charge on any atom is -0.310 e. The molecule has 7 heterocycles. The lowest BCUT2D eigenvalue weighted by Gasteiger charge is -2.26. The summed E-state index contributed by atoms with van der Waals surface area (Å²) < 4.78 is 16.9. The Morgan fingerprint density at radius 1 is 0.109 bits per heavy atom. The quantitative estimate of drug-likeness (QED) is 0.134.